The van der Waals surface area contributed by atoms with Crippen molar-refractivity contribution in [2.24, 2.45) is 0 Å². The smallest absolute Gasteiger partial charge is 0.251 e. The number of hydrogen-bond acceptors (Lipinski definition) is 4. The van der Waals surface area contributed by atoms with Crippen molar-refractivity contribution >= 4 is 11.7 Å². The van der Waals surface area contributed by atoms with E-state index in [9.17, 15) is 4.79 Å². The normalized spacial score (nSPS) is 10.3. The van der Waals surface area contributed by atoms with Crippen molar-refractivity contribution in [3.63, 3.8) is 0 Å². The largest absolute Gasteiger partial charge is 0.497 e. The second-order valence-corrected chi connectivity index (χ2v) is 5.43. The van der Waals surface area contributed by atoms with Crippen LogP contribution >= 0.6 is 0 Å². The average Bonchev–Trinajstić information content (AvgIpc) is 2.63. The van der Waals surface area contributed by atoms with E-state index in [2.05, 4.69) is 29.0 Å². The number of carbonyl (C=O) groups excluding carboxylic acids is 1. The molecule has 0 atom stereocenters. The Labute approximate surface area is 143 Å². The maximum atomic E-state index is 12.3. The number of methoxy groups -OCH3 is 1. The molecule has 1 amide bonds. The summed E-state index contributed by atoms with van der Waals surface area (Å²) >= 11 is 0. The van der Waals surface area contributed by atoms with Crippen LogP contribution in [0.25, 0.3) is 0 Å². The van der Waals surface area contributed by atoms with Crippen molar-refractivity contribution in [2.45, 2.75) is 20.3 Å². The quantitative estimate of drug-likeness (QED) is 0.810. The number of aromatic nitrogens is 1. The molecule has 0 bridgehead atoms. The number of carbonyl (C=O) groups is 1. The van der Waals surface area contributed by atoms with Crippen molar-refractivity contribution in [3.8, 4) is 5.75 Å². The lowest BCUT2D eigenvalue weighted by atomic mass is 10.1. The van der Waals surface area contributed by atoms with Crippen molar-refractivity contribution in [1.29, 1.82) is 0 Å². The van der Waals surface area contributed by atoms with Crippen LogP contribution in [0.15, 0.2) is 42.6 Å². The van der Waals surface area contributed by atoms with Gasteiger partial charge in [-0.15, -0.1) is 0 Å². The van der Waals surface area contributed by atoms with Crippen molar-refractivity contribution in [3.05, 3.63) is 53.7 Å². The molecular formula is C19H25N3O2. The first-order valence-electron chi connectivity index (χ1n) is 8.30. The minimum Gasteiger partial charge on any atom is -0.497 e. The highest BCUT2D eigenvalue weighted by Crippen LogP contribution is 2.13. The molecule has 0 aliphatic rings. The summed E-state index contributed by atoms with van der Waals surface area (Å²) < 4.78 is 5.14. The van der Waals surface area contributed by atoms with Crippen LogP contribution in [0.3, 0.4) is 0 Å². The van der Waals surface area contributed by atoms with Crippen LogP contribution in [0.2, 0.25) is 0 Å². The lowest BCUT2D eigenvalue weighted by Gasteiger charge is -2.20. The Kier molecular flexibility index (Phi) is 6.61. The van der Waals surface area contributed by atoms with Gasteiger partial charge in [-0.2, -0.15) is 0 Å². The maximum Gasteiger partial charge on any atom is 0.251 e. The van der Waals surface area contributed by atoms with E-state index in [4.69, 9.17) is 4.74 Å². The summed E-state index contributed by atoms with van der Waals surface area (Å²) in [5, 5.41) is 2.96. The first kappa shape index (κ1) is 17.8. The number of benzene rings is 1. The Balaban J connectivity index is 1.91. The van der Waals surface area contributed by atoms with Crippen LogP contribution < -0.4 is 15.0 Å². The molecule has 0 saturated heterocycles. The minimum atomic E-state index is -0.0701. The van der Waals surface area contributed by atoms with Gasteiger partial charge in [-0.25, -0.2) is 4.98 Å². The molecule has 1 aromatic carbocycles. The van der Waals surface area contributed by atoms with Crippen LogP contribution in [-0.2, 0) is 6.42 Å². The summed E-state index contributed by atoms with van der Waals surface area (Å²) in [5.74, 6) is 1.60. The molecule has 0 aliphatic carbocycles. The van der Waals surface area contributed by atoms with E-state index < -0.39 is 0 Å². The molecule has 5 heteroatoms. The van der Waals surface area contributed by atoms with Crippen molar-refractivity contribution in [1.82, 2.24) is 10.3 Å². The first-order valence-corrected chi connectivity index (χ1v) is 8.30. The third kappa shape index (κ3) is 4.72. The van der Waals surface area contributed by atoms with Gasteiger partial charge in [0.25, 0.3) is 5.91 Å². The van der Waals surface area contributed by atoms with Gasteiger partial charge < -0.3 is 15.0 Å². The highest BCUT2D eigenvalue weighted by atomic mass is 16.5. The van der Waals surface area contributed by atoms with Gasteiger partial charge in [0.2, 0.25) is 0 Å². The summed E-state index contributed by atoms with van der Waals surface area (Å²) in [6.45, 7) is 6.48. The van der Waals surface area contributed by atoms with E-state index in [-0.39, 0.29) is 5.91 Å². The Bertz CT molecular complexity index is 652. The van der Waals surface area contributed by atoms with Crippen LogP contribution in [0.1, 0.15) is 29.8 Å². The third-order valence-electron chi connectivity index (χ3n) is 3.95. The topological polar surface area (TPSA) is 54.5 Å². The standard InChI is InChI=1S/C19H25N3O2/c1-4-22(5-2)18-14-16(11-13-20-18)19(23)21-12-10-15-6-8-17(24-3)9-7-15/h6-9,11,13-14H,4-5,10,12H2,1-3H3,(H,21,23). The predicted octanol–water partition coefficient (Wildman–Crippen LogP) is 2.91. The molecule has 1 heterocycles. The fraction of sp³-hybridized carbons (Fsp3) is 0.368. The Morgan fingerprint density at radius 2 is 1.88 bits per heavy atom. The van der Waals surface area contributed by atoms with Gasteiger partial charge >= 0.3 is 0 Å². The van der Waals surface area contributed by atoms with Crippen molar-refractivity contribution < 1.29 is 9.53 Å². The van der Waals surface area contributed by atoms with Crippen LogP contribution in [0, 0.1) is 0 Å². The van der Waals surface area contributed by atoms with E-state index in [1.165, 1.54) is 0 Å². The van der Waals surface area contributed by atoms with Crippen molar-refractivity contribution in [2.75, 3.05) is 31.6 Å². The van der Waals surface area contributed by atoms with E-state index in [1.807, 2.05) is 30.3 Å². The number of pyridine rings is 1. The number of anilines is 1. The summed E-state index contributed by atoms with van der Waals surface area (Å²) in [5.41, 5.74) is 1.80. The second-order valence-electron chi connectivity index (χ2n) is 5.43. The van der Waals surface area contributed by atoms with Gasteiger partial charge in [-0.3, -0.25) is 4.79 Å². The second kappa shape index (κ2) is 8.91. The molecule has 0 fully saturated rings. The molecule has 0 spiro atoms. The maximum absolute atomic E-state index is 12.3. The summed E-state index contributed by atoms with van der Waals surface area (Å²) in [7, 11) is 1.65. The average molecular weight is 327 g/mol. The first-order chi connectivity index (χ1) is 11.7. The minimum absolute atomic E-state index is 0.0701. The highest BCUT2D eigenvalue weighted by Gasteiger charge is 2.09. The Hall–Kier alpha value is -2.56. The third-order valence-corrected chi connectivity index (χ3v) is 3.95. The van der Waals surface area contributed by atoms with Gasteiger partial charge in [0, 0.05) is 31.4 Å². The molecule has 0 unspecified atom stereocenters. The number of nitrogens with zero attached hydrogens (tertiary/aromatic N) is 2. The molecule has 2 aromatic rings. The molecule has 0 aliphatic heterocycles. The van der Waals surface area contributed by atoms with Crippen LogP contribution in [-0.4, -0.2) is 37.6 Å². The zero-order valence-corrected chi connectivity index (χ0v) is 14.6. The molecular weight excluding hydrogens is 302 g/mol. The Morgan fingerprint density at radius 3 is 2.50 bits per heavy atom. The molecule has 0 radical (unpaired) electrons. The van der Waals surface area contributed by atoms with E-state index >= 15 is 0 Å². The molecule has 128 valence electrons. The Morgan fingerprint density at radius 1 is 1.17 bits per heavy atom. The van der Waals surface area contributed by atoms with Gasteiger partial charge in [-0.05, 0) is 50.1 Å². The lowest BCUT2D eigenvalue weighted by molar-refractivity contribution is 0.0954. The zero-order valence-electron chi connectivity index (χ0n) is 14.6. The summed E-state index contributed by atoms with van der Waals surface area (Å²) in [6, 6.07) is 11.5. The summed E-state index contributed by atoms with van der Waals surface area (Å²) in [6.07, 6.45) is 2.47. The fourth-order valence-electron chi connectivity index (χ4n) is 2.49. The lowest BCUT2D eigenvalue weighted by Crippen LogP contribution is -2.27. The van der Waals surface area contributed by atoms with Gasteiger partial charge in [0.05, 0.1) is 7.11 Å². The highest BCUT2D eigenvalue weighted by molar-refractivity contribution is 5.94. The molecule has 1 N–H and O–H groups in total. The van der Waals surface area contributed by atoms with Gasteiger partial charge in [0.15, 0.2) is 0 Å². The van der Waals surface area contributed by atoms with Gasteiger partial charge in [0.1, 0.15) is 11.6 Å². The van der Waals surface area contributed by atoms with Crippen LogP contribution in [0.4, 0.5) is 5.82 Å². The molecule has 5 nitrogen and oxygen atoms in total. The van der Waals surface area contributed by atoms with E-state index in [0.717, 1.165) is 36.6 Å². The number of hydrogen-bond donors (Lipinski definition) is 1. The number of amides is 1. The number of rotatable bonds is 8. The molecule has 1 aromatic heterocycles. The number of nitrogens with one attached hydrogen (secondary N) is 1. The zero-order chi connectivity index (χ0) is 17.4. The molecule has 0 saturated carbocycles. The van der Waals surface area contributed by atoms with Crippen LogP contribution in [0.5, 0.6) is 5.75 Å². The summed E-state index contributed by atoms with van der Waals surface area (Å²) in [4.78, 5) is 18.8. The SMILES string of the molecule is CCN(CC)c1cc(C(=O)NCCc2ccc(OC)cc2)ccn1. The molecule has 24 heavy (non-hydrogen) atoms. The molecule has 2 rings (SSSR count). The van der Waals surface area contributed by atoms with E-state index in [1.54, 1.807) is 19.4 Å². The van der Waals surface area contributed by atoms with E-state index in [0.29, 0.717) is 12.1 Å². The number of ether oxygens (including phenoxy) is 1. The van der Waals surface area contributed by atoms with Gasteiger partial charge in [-0.1, -0.05) is 12.1 Å². The fourth-order valence-corrected chi connectivity index (χ4v) is 2.49. The predicted molar refractivity (Wildman–Crippen MR) is 96.8 cm³/mol. The monoisotopic (exact) mass is 327 g/mol.